The average molecular weight is 259 g/mol. The first-order chi connectivity index (χ1) is 8.36. The highest BCUT2D eigenvalue weighted by Gasteiger charge is 2.33. The van der Waals surface area contributed by atoms with Gasteiger partial charge in [0.1, 0.15) is 0 Å². The Kier molecular flexibility index (Phi) is 3.64. The van der Waals surface area contributed by atoms with Crippen LogP contribution < -0.4 is 0 Å². The molecule has 2 nitrogen and oxygen atoms in total. The molecule has 1 aromatic carbocycles. The Labute approximate surface area is 104 Å². The van der Waals surface area contributed by atoms with Crippen LogP contribution in [0.15, 0.2) is 24.3 Å². The minimum Gasteiger partial charge on any atom is -0.392 e. The molecule has 1 aliphatic rings. The molecule has 1 aromatic rings. The van der Waals surface area contributed by atoms with Crippen LogP contribution in [0.5, 0.6) is 0 Å². The first-order valence-corrected chi connectivity index (χ1v) is 5.94. The standard InChI is InChI=1S/C13H16F3NO/c1-9(18)6-17-7-11(8-17)10-3-2-4-12(5-10)13(14,15)16/h2-5,9,11,18H,6-8H2,1H3/t9-/m0/s1. The van der Waals surface area contributed by atoms with Gasteiger partial charge in [-0.25, -0.2) is 0 Å². The largest absolute Gasteiger partial charge is 0.416 e. The fraction of sp³-hybridized carbons (Fsp3) is 0.538. The summed E-state index contributed by atoms with van der Waals surface area (Å²) in [6, 6.07) is 5.51. The molecule has 0 unspecified atom stereocenters. The average Bonchev–Trinajstić information content (AvgIpc) is 2.21. The SMILES string of the molecule is C[C@H](O)CN1CC(c2cccc(C(F)(F)F)c2)C1. The molecule has 0 radical (unpaired) electrons. The molecular formula is C13H16F3NO. The van der Waals surface area contributed by atoms with Gasteiger partial charge in [0.15, 0.2) is 0 Å². The number of aliphatic hydroxyl groups excluding tert-OH is 1. The number of nitrogens with zero attached hydrogens (tertiary/aromatic N) is 1. The Balaban J connectivity index is 2.00. The minimum absolute atomic E-state index is 0.144. The van der Waals surface area contributed by atoms with Crippen LogP contribution in [0, 0.1) is 0 Å². The van der Waals surface area contributed by atoms with Gasteiger partial charge in [-0.1, -0.05) is 18.2 Å². The lowest BCUT2D eigenvalue weighted by molar-refractivity contribution is -0.137. The van der Waals surface area contributed by atoms with Crippen LogP contribution in [0.3, 0.4) is 0 Å². The van der Waals surface area contributed by atoms with Gasteiger partial charge < -0.3 is 5.11 Å². The van der Waals surface area contributed by atoms with Gasteiger partial charge in [0.25, 0.3) is 0 Å². The van der Waals surface area contributed by atoms with Crippen molar-refractivity contribution in [3.8, 4) is 0 Å². The highest BCUT2D eigenvalue weighted by molar-refractivity contribution is 5.30. The number of benzene rings is 1. The number of halogens is 3. The van der Waals surface area contributed by atoms with Crippen molar-refractivity contribution in [2.45, 2.75) is 25.1 Å². The van der Waals surface area contributed by atoms with E-state index in [0.717, 1.165) is 11.6 Å². The molecule has 5 heteroatoms. The lowest BCUT2D eigenvalue weighted by Crippen LogP contribution is -2.47. The van der Waals surface area contributed by atoms with Crippen molar-refractivity contribution in [3.63, 3.8) is 0 Å². The summed E-state index contributed by atoms with van der Waals surface area (Å²) in [5, 5.41) is 9.20. The zero-order valence-corrected chi connectivity index (χ0v) is 10.1. The number of alkyl halides is 3. The van der Waals surface area contributed by atoms with Crippen LogP contribution >= 0.6 is 0 Å². The highest BCUT2D eigenvalue weighted by Crippen LogP contribution is 2.33. The van der Waals surface area contributed by atoms with Crippen LogP contribution in [0.2, 0.25) is 0 Å². The molecule has 1 atom stereocenters. The monoisotopic (exact) mass is 259 g/mol. The summed E-state index contributed by atoms with van der Waals surface area (Å²) in [4.78, 5) is 2.04. The second-order valence-corrected chi connectivity index (χ2v) is 4.89. The molecule has 100 valence electrons. The molecule has 18 heavy (non-hydrogen) atoms. The number of likely N-dealkylation sites (tertiary alicyclic amines) is 1. The second-order valence-electron chi connectivity index (χ2n) is 4.89. The topological polar surface area (TPSA) is 23.5 Å². The van der Waals surface area contributed by atoms with E-state index in [1.54, 1.807) is 13.0 Å². The van der Waals surface area contributed by atoms with E-state index < -0.39 is 17.8 Å². The van der Waals surface area contributed by atoms with E-state index in [1.165, 1.54) is 12.1 Å². The zero-order valence-electron chi connectivity index (χ0n) is 10.1. The van der Waals surface area contributed by atoms with Gasteiger partial charge in [0.05, 0.1) is 11.7 Å². The van der Waals surface area contributed by atoms with Crippen molar-refractivity contribution >= 4 is 0 Å². The summed E-state index contributed by atoms with van der Waals surface area (Å²) in [7, 11) is 0. The summed E-state index contributed by atoms with van der Waals surface area (Å²) < 4.78 is 37.7. The molecule has 2 rings (SSSR count). The Morgan fingerprint density at radius 2 is 2.06 bits per heavy atom. The molecule has 0 amide bonds. The lowest BCUT2D eigenvalue weighted by atomic mass is 9.90. The number of rotatable bonds is 3. The van der Waals surface area contributed by atoms with Crippen molar-refractivity contribution in [3.05, 3.63) is 35.4 Å². The summed E-state index contributed by atoms with van der Waals surface area (Å²) in [6.45, 7) is 3.71. The van der Waals surface area contributed by atoms with E-state index in [4.69, 9.17) is 0 Å². The first kappa shape index (κ1) is 13.4. The smallest absolute Gasteiger partial charge is 0.392 e. The molecule has 1 fully saturated rings. The Morgan fingerprint density at radius 1 is 1.39 bits per heavy atom. The number of hydrogen-bond acceptors (Lipinski definition) is 2. The summed E-state index contributed by atoms with van der Waals surface area (Å²) in [5.41, 5.74) is 0.139. The maximum Gasteiger partial charge on any atom is 0.416 e. The quantitative estimate of drug-likeness (QED) is 0.901. The van der Waals surface area contributed by atoms with Crippen LogP contribution in [0.1, 0.15) is 24.0 Å². The van der Waals surface area contributed by atoms with Gasteiger partial charge in [-0.15, -0.1) is 0 Å². The number of hydrogen-bond donors (Lipinski definition) is 1. The Hall–Kier alpha value is -1.07. The van der Waals surface area contributed by atoms with Crippen LogP contribution in [-0.2, 0) is 6.18 Å². The third-order valence-electron chi connectivity index (χ3n) is 3.16. The molecular weight excluding hydrogens is 243 g/mol. The van der Waals surface area contributed by atoms with Gasteiger partial charge >= 0.3 is 6.18 Å². The molecule has 1 N–H and O–H groups in total. The molecule has 0 saturated carbocycles. The highest BCUT2D eigenvalue weighted by atomic mass is 19.4. The van der Waals surface area contributed by atoms with Gasteiger partial charge in [-0.3, -0.25) is 4.90 Å². The molecule has 0 aliphatic carbocycles. The predicted molar refractivity (Wildman–Crippen MR) is 62.3 cm³/mol. The van der Waals surface area contributed by atoms with Crippen LogP contribution in [0.25, 0.3) is 0 Å². The Bertz CT molecular complexity index is 411. The van der Waals surface area contributed by atoms with E-state index in [9.17, 15) is 18.3 Å². The van der Waals surface area contributed by atoms with Crippen LogP contribution in [-0.4, -0.2) is 35.7 Å². The molecule has 1 aliphatic heterocycles. The van der Waals surface area contributed by atoms with Crippen molar-refractivity contribution in [2.75, 3.05) is 19.6 Å². The first-order valence-electron chi connectivity index (χ1n) is 5.94. The molecule has 0 bridgehead atoms. The number of β-amino-alcohol motifs (C(OH)–C–C–N with tert-alkyl or cyclic N) is 1. The van der Waals surface area contributed by atoms with E-state index in [1.807, 2.05) is 4.90 Å². The Morgan fingerprint density at radius 3 is 2.61 bits per heavy atom. The van der Waals surface area contributed by atoms with E-state index >= 15 is 0 Å². The van der Waals surface area contributed by atoms with E-state index in [0.29, 0.717) is 19.6 Å². The zero-order chi connectivity index (χ0) is 13.3. The van der Waals surface area contributed by atoms with Crippen molar-refractivity contribution in [1.29, 1.82) is 0 Å². The lowest BCUT2D eigenvalue weighted by Gasteiger charge is -2.40. The molecule has 1 heterocycles. The van der Waals surface area contributed by atoms with Gasteiger partial charge in [-0.2, -0.15) is 13.2 Å². The van der Waals surface area contributed by atoms with E-state index in [2.05, 4.69) is 0 Å². The van der Waals surface area contributed by atoms with Gasteiger partial charge in [-0.05, 0) is 18.6 Å². The van der Waals surface area contributed by atoms with Crippen LogP contribution in [0.4, 0.5) is 13.2 Å². The fourth-order valence-corrected chi connectivity index (χ4v) is 2.27. The fourth-order valence-electron chi connectivity index (χ4n) is 2.27. The third-order valence-corrected chi connectivity index (χ3v) is 3.16. The number of aliphatic hydroxyl groups is 1. The minimum atomic E-state index is -4.28. The van der Waals surface area contributed by atoms with E-state index in [-0.39, 0.29) is 5.92 Å². The third kappa shape index (κ3) is 3.03. The van der Waals surface area contributed by atoms with Crippen molar-refractivity contribution in [2.24, 2.45) is 0 Å². The maximum absolute atomic E-state index is 12.6. The molecule has 0 spiro atoms. The summed E-state index contributed by atoms with van der Waals surface area (Å²) in [5.74, 6) is 0.144. The molecule has 0 aromatic heterocycles. The van der Waals surface area contributed by atoms with Gasteiger partial charge in [0, 0.05) is 25.6 Å². The second kappa shape index (κ2) is 4.90. The predicted octanol–water partition coefficient (Wildman–Crippen LogP) is 2.49. The van der Waals surface area contributed by atoms with Crippen molar-refractivity contribution in [1.82, 2.24) is 4.90 Å². The summed E-state index contributed by atoms with van der Waals surface area (Å²) >= 11 is 0. The maximum atomic E-state index is 12.6. The normalized spacial score (nSPS) is 19.6. The summed E-state index contributed by atoms with van der Waals surface area (Å²) in [6.07, 6.45) is -4.67. The van der Waals surface area contributed by atoms with Crippen molar-refractivity contribution < 1.29 is 18.3 Å². The molecule has 1 saturated heterocycles. The van der Waals surface area contributed by atoms with Gasteiger partial charge in [0.2, 0.25) is 0 Å².